The van der Waals surface area contributed by atoms with Crippen molar-refractivity contribution in [1.82, 2.24) is 14.6 Å². The van der Waals surface area contributed by atoms with E-state index in [9.17, 15) is 8.42 Å². The molecule has 18 heavy (non-hydrogen) atoms. The van der Waals surface area contributed by atoms with Gasteiger partial charge >= 0.3 is 0 Å². The molecule has 0 saturated carbocycles. The number of hydrogen-bond acceptors (Lipinski definition) is 5. The van der Waals surface area contributed by atoms with E-state index in [4.69, 9.17) is 5.26 Å². The third kappa shape index (κ3) is 3.50. The maximum atomic E-state index is 12.0. The Morgan fingerprint density at radius 1 is 1.56 bits per heavy atom. The summed E-state index contributed by atoms with van der Waals surface area (Å²) in [6.45, 7) is 2.17. The second kappa shape index (κ2) is 5.91. The van der Waals surface area contributed by atoms with Crippen molar-refractivity contribution in [1.29, 1.82) is 5.26 Å². The lowest BCUT2D eigenvalue weighted by molar-refractivity contribution is 0.314. The maximum Gasteiger partial charge on any atom is 0.243 e. The van der Waals surface area contributed by atoms with Crippen molar-refractivity contribution in [2.45, 2.75) is 17.9 Å². The van der Waals surface area contributed by atoms with Crippen LogP contribution in [0, 0.1) is 11.3 Å². The van der Waals surface area contributed by atoms with Gasteiger partial charge in [-0.25, -0.2) is 18.1 Å². The van der Waals surface area contributed by atoms with Crippen LogP contribution in [0.3, 0.4) is 0 Å². The van der Waals surface area contributed by atoms with Gasteiger partial charge in [0.15, 0.2) is 5.69 Å². The lowest BCUT2D eigenvalue weighted by Crippen LogP contribution is -2.38. The fourth-order valence-electron chi connectivity index (χ4n) is 1.18. The maximum absolute atomic E-state index is 12.0. The van der Waals surface area contributed by atoms with Crippen LogP contribution in [0.1, 0.15) is 12.6 Å². The summed E-state index contributed by atoms with van der Waals surface area (Å²) >= 11 is 0. The van der Waals surface area contributed by atoms with Crippen molar-refractivity contribution in [3.63, 3.8) is 0 Å². The van der Waals surface area contributed by atoms with E-state index in [2.05, 4.69) is 9.71 Å². The molecule has 1 N–H and O–H groups in total. The number of pyridine rings is 1. The normalized spacial score (nSPS) is 13.3. The van der Waals surface area contributed by atoms with Crippen LogP contribution >= 0.6 is 0 Å². The Morgan fingerprint density at radius 3 is 2.78 bits per heavy atom. The van der Waals surface area contributed by atoms with E-state index in [1.807, 2.05) is 25.9 Å². The summed E-state index contributed by atoms with van der Waals surface area (Å²) in [5.74, 6) is 0. The van der Waals surface area contributed by atoms with Gasteiger partial charge < -0.3 is 4.90 Å². The van der Waals surface area contributed by atoms with Crippen LogP contribution < -0.4 is 4.72 Å². The van der Waals surface area contributed by atoms with Crippen LogP contribution in [0.5, 0.6) is 0 Å². The summed E-state index contributed by atoms with van der Waals surface area (Å²) in [4.78, 5) is 5.55. The van der Waals surface area contributed by atoms with Crippen LogP contribution in [0.4, 0.5) is 0 Å². The first-order chi connectivity index (χ1) is 8.38. The van der Waals surface area contributed by atoms with Gasteiger partial charge in [-0.05, 0) is 33.2 Å². The topological polar surface area (TPSA) is 86.1 Å². The first-order valence-corrected chi connectivity index (χ1v) is 6.88. The molecule has 0 aliphatic heterocycles. The minimum Gasteiger partial charge on any atom is -0.305 e. The van der Waals surface area contributed by atoms with Crippen molar-refractivity contribution in [2.75, 3.05) is 20.6 Å². The fraction of sp³-hybridized carbons (Fsp3) is 0.455. The Kier molecular flexibility index (Phi) is 4.78. The Balaban J connectivity index is 2.91. The summed E-state index contributed by atoms with van der Waals surface area (Å²) in [5, 5.41) is 8.83. The van der Waals surface area contributed by atoms with Gasteiger partial charge in [0.2, 0.25) is 10.0 Å². The SMILES string of the molecule is CC(CNS(=O)(=O)c1cccnc1C#N)N(C)C. The second-order valence-corrected chi connectivity index (χ2v) is 5.86. The summed E-state index contributed by atoms with van der Waals surface area (Å²) in [6.07, 6.45) is 1.39. The van der Waals surface area contributed by atoms with Crippen LogP contribution in [0.15, 0.2) is 23.2 Å². The molecule has 0 aliphatic carbocycles. The highest BCUT2D eigenvalue weighted by Crippen LogP contribution is 2.11. The lowest BCUT2D eigenvalue weighted by Gasteiger charge is -2.20. The number of rotatable bonds is 5. The highest BCUT2D eigenvalue weighted by atomic mass is 32.2. The van der Waals surface area contributed by atoms with E-state index in [0.29, 0.717) is 0 Å². The molecule has 0 radical (unpaired) electrons. The van der Waals surface area contributed by atoms with Crippen molar-refractivity contribution in [3.05, 3.63) is 24.0 Å². The van der Waals surface area contributed by atoms with E-state index in [1.165, 1.54) is 18.3 Å². The molecular weight excluding hydrogens is 252 g/mol. The summed E-state index contributed by atoms with van der Waals surface area (Å²) in [5.41, 5.74) is -0.0949. The summed E-state index contributed by atoms with van der Waals surface area (Å²) in [6, 6.07) is 4.69. The van der Waals surface area contributed by atoms with Gasteiger partial charge in [-0.3, -0.25) is 0 Å². The zero-order valence-electron chi connectivity index (χ0n) is 10.6. The Labute approximate surface area is 107 Å². The number of aromatic nitrogens is 1. The van der Waals surface area contributed by atoms with Crippen LogP contribution in [-0.4, -0.2) is 45.0 Å². The zero-order chi connectivity index (χ0) is 13.8. The van der Waals surface area contributed by atoms with Crippen LogP contribution in [-0.2, 0) is 10.0 Å². The number of hydrogen-bond donors (Lipinski definition) is 1. The predicted octanol–water partition coefficient (Wildman–Crippen LogP) is 0.182. The Bertz CT molecular complexity index is 548. The lowest BCUT2D eigenvalue weighted by atomic mass is 10.3. The molecule has 0 bridgehead atoms. The van der Waals surface area contributed by atoms with Crippen molar-refractivity contribution < 1.29 is 8.42 Å². The first kappa shape index (κ1) is 14.6. The van der Waals surface area contributed by atoms with Gasteiger partial charge in [0.1, 0.15) is 11.0 Å². The number of nitrogens with one attached hydrogen (secondary N) is 1. The summed E-state index contributed by atoms with van der Waals surface area (Å²) in [7, 11) is 0.0364. The highest BCUT2D eigenvalue weighted by Gasteiger charge is 2.20. The molecule has 98 valence electrons. The molecular formula is C11H16N4O2S. The molecule has 0 spiro atoms. The molecule has 0 amide bonds. The third-order valence-corrected chi connectivity index (χ3v) is 4.07. The van der Waals surface area contributed by atoms with Crippen molar-refractivity contribution in [3.8, 4) is 6.07 Å². The van der Waals surface area contributed by atoms with Crippen molar-refractivity contribution >= 4 is 10.0 Å². The van der Waals surface area contributed by atoms with Gasteiger partial charge in [-0.2, -0.15) is 5.26 Å². The molecule has 0 aromatic carbocycles. The van der Waals surface area contributed by atoms with Gasteiger partial charge in [0.05, 0.1) is 0 Å². The molecule has 1 rings (SSSR count). The van der Waals surface area contributed by atoms with Gasteiger partial charge in [0.25, 0.3) is 0 Å². The van der Waals surface area contributed by atoms with Crippen molar-refractivity contribution in [2.24, 2.45) is 0 Å². The third-order valence-electron chi connectivity index (χ3n) is 2.62. The van der Waals surface area contributed by atoms with Gasteiger partial charge in [-0.15, -0.1) is 0 Å². The minimum absolute atomic E-state index is 0.0574. The molecule has 1 aromatic heterocycles. The predicted molar refractivity (Wildman–Crippen MR) is 67.3 cm³/mol. The van der Waals surface area contributed by atoms with Gasteiger partial charge in [-0.1, -0.05) is 0 Å². The molecule has 6 nitrogen and oxygen atoms in total. The van der Waals surface area contributed by atoms with E-state index in [1.54, 1.807) is 6.07 Å². The second-order valence-electron chi connectivity index (χ2n) is 4.13. The Hall–Kier alpha value is -1.49. The molecule has 1 unspecified atom stereocenters. The Morgan fingerprint density at radius 2 is 2.22 bits per heavy atom. The number of sulfonamides is 1. The fourth-order valence-corrected chi connectivity index (χ4v) is 2.41. The van der Waals surface area contributed by atoms with Gasteiger partial charge in [0, 0.05) is 18.8 Å². The molecule has 7 heteroatoms. The average Bonchev–Trinajstić information content (AvgIpc) is 2.35. The minimum atomic E-state index is -3.69. The monoisotopic (exact) mass is 268 g/mol. The molecule has 1 atom stereocenters. The van der Waals surface area contributed by atoms with E-state index in [0.717, 1.165) is 0 Å². The van der Waals surface area contributed by atoms with E-state index in [-0.39, 0.29) is 23.2 Å². The van der Waals surface area contributed by atoms with Crippen LogP contribution in [0.25, 0.3) is 0 Å². The first-order valence-electron chi connectivity index (χ1n) is 5.39. The molecule has 0 fully saturated rings. The standard InChI is InChI=1S/C11H16N4O2S/c1-9(15(2)3)8-14-18(16,17)11-5-4-6-13-10(11)7-12/h4-6,9,14H,8H2,1-3H3. The van der Waals surface area contributed by atoms with E-state index < -0.39 is 10.0 Å². The smallest absolute Gasteiger partial charge is 0.243 e. The average molecular weight is 268 g/mol. The largest absolute Gasteiger partial charge is 0.305 e. The van der Waals surface area contributed by atoms with E-state index >= 15 is 0 Å². The van der Waals surface area contributed by atoms with Crippen LogP contribution in [0.2, 0.25) is 0 Å². The number of nitrogens with zero attached hydrogens (tertiary/aromatic N) is 3. The highest BCUT2D eigenvalue weighted by molar-refractivity contribution is 7.89. The number of likely N-dealkylation sites (N-methyl/N-ethyl adjacent to an activating group) is 1. The molecule has 0 saturated heterocycles. The zero-order valence-corrected chi connectivity index (χ0v) is 11.4. The molecule has 1 heterocycles. The number of nitriles is 1. The molecule has 0 aliphatic rings. The summed E-state index contributed by atoms with van der Waals surface area (Å²) < 4.78 is 26.5. The molecule has 1 aromatic rings. The quantitative estimate of drug-likeness (QED) is 0.823.